The Bertz CT molecular complexity index is 1430. The number of aromatic nitrogens is 1. The lowest BCUT2D eigenvalue weighted by atomic mass is 9.87. The Kier molecular flexibility index (Phi) is 4.62. The van der Waals surface area contributed by atoms with Crippen molar-refractivity contribution in [1.82, 2.24) is 4.98 Å². The van der Waals surface area contributed by atoms with Gasteiger partial charge in [-0.25, -0.2) is 9.59 Å². The minimum atomic E-state index is -4.71. The molecule has 0 fully saturated rings. The summed E-state index contributed by atoms with van der Waals surface area (Å²) in [4.78, 5) is 27.7. The van der Waals surface area contributed by atoms with Gasteiger partial charge < -0.3 is 14.1 Å². The molecule has 4 aromatic rings. The summed E-state index contributed by atoms with van der Waals surface area (Å²) in [5.41, 5.74) is 1.13. The Hall–Kier alpha value is -3.55. The zero-order chi connectivity index (χ0) is 22.6. The first-order chi connectivity index (χ1) is 15.2. The molecule has 1 aliphatic rings. The van der Waals surface area contributed by atoms with E-state index in [-0.39, 0.29) is 16.7 Å². The van der Waals surface area contributed by atoms with Crippen molar-refractivity contribution in [3.8, 4) is 5.75 Å². The van der Waals surface area contributed by atoms with Gasteiger partial charge in [-0.2, -0.15) is 13.2 Å². The standard InChI is InChI=1S/C24H18F3NO4/c1-12-2-6-19-16(8-12)17-9-13(3-7-20(17)28-19)23(30)31-14-4-5-15-18(24(25,26)27)11-22(29)32-21(15)10-14/h3-5,7,9-12,28H,2,6,8H2,1H3/t12-/m0/s1. The number of alkyl halides is 3. The van der Waals surface area contributed by atoms with E-state index < -0.39 is 23.3 Å². The highest BCUT2D eigenvalue weighted by Crippen LogP contribution is 2.35. The Morgan fingerprint density at radius 1 is 1.12 bits per heavy atom. The van der Waals surface area contributed by atoms with E-state index >= 15 is 0 Å². The SMILES string of the molecule is C[C@H]1CCc2[nH]c3ccc(C(=O)Oc4ccc5c(C(F)(F)F)cc(=O)oc5c4)cc3c2C1. The number of halogens is 3. The number of H-pyrrole nitrogens is 1. The molecule has 8 heteroatoms. The van der Waals surface area contributed by atoms with Crippen LogP contribution in [0.3, 0.4) is 0 Å². The van der Waals surface area contributed by atoms with Crippen molar-refractivity contribution < 1.29 is 27.1 Å². The molecular formula is C24H18F3NO4. The minimum absolute atomic E-state index is 0.0187. The lowest BCUT2D eigenvalue weighted by Crippen LogP contribution is -2.12. The van der Waals surface area contributed by atoms with E-state index in [4.69, 9.17) is 9.15 Å². The van der Waals surface area contributed by atoms with E-state index in [0.717, 1.165) is 42.3 Å². The van der Waals surface area contributed by atoms with Gasteiger partial charge in [-0.3, -0.25) is 0 Å². The molecule has 1 atom stereocenters. The van der Waals surface area contributed by atoms with E-state index in [0.29, 0.717) is 17.5 Å². The van der Waals surface area contributed by atoms with Crippen LogP contribution in [0.2, 0.25) is 0 Å². The summed E-state index contributed by atoms with van der Waals surface area (Å²) in [7, 11) is 0. The Morgan fingerprint density at radius 2 is 1.94 bits per heavy atom. The molecule has 2 heterocycles. The largest absolute Gasteiger partial charge is 0.423 e. The first kappa shape index (κ1) is 20.4. The summed E-state index contributed by atoms with van der Waals surface area (Å²) in [6.07, 6.45) is -1.70. The molecule has 2 aromatic heterocycles. The monoisotopic (exact) mass is 441 g/mol. The third kappa shape index (κ3) is 3.55. The van der Waals surface area contributed by atoms with E-state index in [9.17, 15) is 22.8 Å². The van der Waals surface area contributed by atoms with Crippen molar-refractivity contribution >= 4 is 27.8 Å². The second-order valence-electron chi connectivity index (χ2n) is 8.21. The van der Waals surface area contributed by atoms with Crippen molar-refractivity contribution in [1.29, 1.82) is 0 Å². The summed E-state index contributed by atoms with van der Waals surface area (Å²) >= 11 is 0. The molecule has 1 aliphatic carbocycles. The normalized spacial score (nSPS) is 16.3. The molecule has 2 aromatic carbocycles. The number of aryl methyl sites for hydroxylation is 1. The summed E-state index contributed by atoms with van der Waals surface area (Å²) < 4.78 is 49.9. The predicted molar refractivity (Wildman–Crippen MR) is 112 cm³/mol. The maximum atomic E-state index is 13.2. The van der Waals surface area contributed by atoms with Crippen molar-refractivity contribution in [2.75, 3.05) is 0 Å². The zero-order valence-electron chi connectivity index (χ0n) is 17.0. The molecule has 0 saturated heterocycles. The van der Waals surface area contributed by atoms with Crippen LogP contribution >= 0.6 is 0 Å². The average Bonchev–Trinajstić information content (AvgIpc) is 3.09. The lowest BCUT2D eigenvalue weighted by molar-refractivity contribution is -0.136. The molecule has 5 nitrogen and oxygen atoms in total. The van der Waals surface area contributed by atoms with E-state index in [1.165, 1.54) is 17.3 Å². The van der Waals surface area contributed by atoms with Crippen molar-refractivity contribution in [3.05, 3.63) is 75.3 Å². The number of nitrogens with one attached hydrogen (secondary N) is 1. The summed E-state index contributed by atoms with van der Waals surface area (Å²) in [6.45, 7) is 2.20. The number of carbonyl (C=O) groups is 1. The summed E-state index contributed by atoms with van der Waals surface area (Å²) in [5.74, 6) is -0.111. The van der Waals surface area contributed by atoms with Gasteiger partial charge in [0.15, 0.2) is 0 Å². The van der Waals surface area contributed by atoms with Crippen LogP contribution in [-0.2, 0) is 19.0 Å². The molecule has 0 saturated carbocycles. The third-order valence-corrected chi connectivity index (χ3v) is 5.90. The first-order valence-electron chi connectivity index (χ1n) is 10.2. The molecule has 32 heavy (non-hydrogen) atoms. The number of carbonyl (C=O) groups excluding carboxylic acids is 1. The van der Waals surface area contributed by atoms with Gasteiger partial charge in [0.2, 0.25) is 0 Å². The average molecular weight is 441 g/mol. The highest BCUT2D eigenvalue weighted by atomic mass is 19.4. The van der Waals surface area contributed by atoms with Gasteiger partial charge in [0.05, 0.1) is 11.1 Å². The van der Waals surface area contributed by atoms with E-state index in [1.54, 1.807) is 12.1 Å². The number of fused-ring (bicyclic) bond motifs is 4. The molecule has 0 spiro atoms. The van der Waals surface area contributed by atoms with Crippen LogP contribution in [0.15, 0.2) is 51.7 Å². The van der Waals surface area contributed by atoms with Gasteiger partial charge in [0.1, 0.15) is 11.3 Å². The fourth-order valence-corrected chi connectivity index (χ4v) is 4.33. The fraction of sp³-hybridized carbons (Fsp3) is 0.250. The number of hydrogen-bond donors (Lipinski definition) is 1. The van der Waals surface area contributed by atoms with Crippen molar-refractivity contribution in [2.24, 2.45) is 5.92 Å². The van der Waals surface area contributed by atoms with Gasteiger partial charge >= 0.3 is 17.8 Å². The van der Waals surface area contributed by atoms with Gasteiger partial charge in [-0.1, -0.05) is 6.92 Å². The highest BCUT2D eigenvalue weighted by molar-refractivity contribution is 5.97. The molecule has 0 radical (unpaired) electrons. The van der Waals surface area contributed by atoms with Gasteiger partial charge in [0.25, 0.3) is 0 Å². The first-order valence-corrected chi connectivity index (χ1v) is 10.2. The van der Waals surface area contributed by atoms with Crippen LogP contribution in [0.4, 0.5) is 13.2 Å². The van der Waals surface area contributed by atoms with Gasteiger partial charge in [0, 0.05) is 34.1 Å². The minimum Gasteiger partial charge on any atom is -0.423 e. The van der Waals surface area contributed by atoms with Crippen molar-refractivity contribution in [3.63, 3.8) is 0 Å². The smallest absolute Gasteiger partial charge is 0.417 e. The zero-order valence-corrected chi connectivity index (χ0v) is 17.0. The van der Waals surface area contributed by atoms with Crippen molar-refractivity contribution in [2.45, 2.75) is 32.4 Å². The summed E-state index contributed by atoms with van der Waals surface area (Å²) in [6, 6.07) is 9.12. The maximum Gasteiger partial charge on any atom is 0.417 e. The molecule has 0 aliphatic heterocycles. The Morgan fingerprint density at radius 3 is 2.72 bits per heavy atom. The molecular weight excluding hydrogens is 423 g/mol. The Balaban J connectivity index is 1.48. The quantitative estimate of drug-likeness (QED) is 0.248. The molecule has 0 unspecified atom stereocenters. The third-order valence-electron chi connectivity index (χ3n) is 5.90. The highest BCUT2D eigenvalue weighted by Gasteiger charge is 2.34. The van der Waals surface area contributed by atoms with Crippen LogP contribution < -0.4 is 10.4 Å². The number of hydrogen-bond acceptors (Lipinski definition) is 4. The van der Waals surface area contributed by atoms with E-state index in [1.807, 2.05) is 6.07 Å². The number of esters is 1. The van der Waals surface area contributed by atoms with Crippen LogP contribution in [0.25, 0.3) is 21.9 Å². The fourth-order valence-electron chi connectivity index (χ4n) is 4.33. The molecule has 0 amide bonds. The Labute approximate surface area is 179 Å². The number of benzene rings is 2. The number of ether oxygens (including phenoxy) is 1. The second-order valence-corrected chi connectivity index (χ2v) is 8.21. The predicted octanol–water partition coefficient (Wildman–Crippen LogP) is 5.64. The van der Waals surface area contributed by atoms with Gasteiger partial charge in [-0.05, 0) is 61.1 Å². The van der Waals surface area contributed by atoms with Crippen LogP contribution in [0.5, 0.6) is 5.75 Å². The topological polar surface area (TPSA) is 72.3 Å². The molecule has 5 rings (SSSR count). The lowest BCUT2D eigenvalue weighted by Gasteiger charge is -2.18. The van der Waals surface area contributed by atoms with Crippen LogP contribution in [0.1, 0.15) is 40.5 Å². The summed E-state index contributed by atoms with van der Waals surface area (Å²) in [5, 5.41) is 0.687. The van der Waals surface area contributed by atoms with Gasteiger partial charge in [-0.15, -0.1) is 0 Å². The molecule has 164 valence electrons. The molecule has 0 bridgehead atoms. The van der Waals surface area contributed by atoms with E-state index in [2.05, 4.69) is 11.9 Å². The second kappa shape index (κ2) is 7.25. The number of rotatable bonds is 2. The van der Waals surface area contributed by atoms with Crippen LogP contribution in [0, 0.1) is 5.92 Å². The maximum absolute atomic E-state index is 13.2. The van der Waals surface area contributed by atoms with Crippen LogP contribution in [-0.4, -0.2) is 11.0 Å². The molecule has 1 N–H and O–H groups in total. The number of aromatic amines is 1.